The van der Waals surface area contributed by atoms with Crippen molar-refractivity contribution in [2.45, 2.75) is 0 Å². The Morgan fingerprint density at radius 1 is 0.586 bits per heavy atom. The molecule has 0 saturated carbocycles. The molecule has 4 nitrogen and oxygen atoms in total. The van der Waals surface area contributed by atoms with Crippen LogP contribution in [0.1, 0.15) is 42.4 Å². The van der Waals surface area contributed by atoms with E-state index in [-0.39, 0.29) is 22.9 Å². The largest absolute Gasteiger partial charge is 0.451 e. The van der Waals surface area contributed by atoms with Gasteiger partial charge in [0.25, 0.3) is 0 Å². The Morgan fingerprint density at radius 2 is 1.21 bits per heavy atom. The van der Waals surface area contributed by atoms with Crippen LogP contribution < -0.4 is 0 Å². The predicted molar refractivity (Wildman–Crippen MR) is 108 cm³/mol. The highest BCUT2D eigenvalue weighted by Gasteiger charge is 2.37. The van der Waals surface area contributed by atoms with E-state index in [9.17, 15) is 14.4 Å². The molecule has 0 amide bonds. The number of aldehydes is 1. The fourth-order valence-corrected chi connectivity index (χ4v) is 3.74. The number of carbonyl (C=O) groups excluding carboxylic acids is 3. The minimum atomic E-state index is -0.303. The molecule has 0 spiro atoms. The Kier molecular flexibility index (Phi) is 3.85. The van der Waals surface area contributed by atoms with E-state index in [4.69, 9.17) is 4.42 Å². The van der Waals surface area contributed by atoms with E-state index >= 15 is 0 Å². The molecule has 4 heteroatoms. The van der Waals surface area contributed by atoms with Crippen molar-refractivity contribution in [2.75, 3.05) is 0 Å². The number of hydrogen-bond donors (Lipinski definition) is 0. The van der Waals surface area contributed by atoms with Gasteiger partial charge in [-0.1, -0.05) is 78.9 Å². The zero-order valence-corrected chi connectivity index (χ0v) is 15.2. The van der Waals surface area contributed by atoms with Gasteiger partial charge in [0, 0.05) is 27.8 Å². The van der Waals surface area contributed by atoms with Gasteiger partial charge in [-0.05, 0) is 5.56 Å². The minimum Gasteiger partial charge on any atom is -0.451 e. The van der Waals surface area contributed by atoms with Gasteiger partial charge in [0.05, 0.1) is 5.56 Å². The van der Waals surface area contributed by atoms with Crippen LogP contribution in [0.15, 0.2) is 83.3 Å². The number of carbonyl (C=O) groups is 3. The zero-order valence-electron chi connectivity index (χ0n) is 15.2. The van der Waals surface area contributed by atoms with Crippen molar-refractivity contribution < 1.29 is 18.8 Å². The molecular weight excluding hydrogens is 364 g/mol. The molecule has 0 unspecified atom stereocenters. The molecule has 0 atom stereocenters. The van der Waals surface area contributed by atoms with Crippen LogP contribution >= 0.6 is 0 Å². The van der Waals surface area contributed by atoms with Gasteiger partial charge in [0.15, 0.2) is 11.5 Å². The lowest BCUT2D eigenvalue weighted by Gasteiger charge is -2.14. The van der Waals surface area contributed by atoms with Crippen molar-refractivity contribution in [3.05, 3.63) is 107 Å². The van der Waals surface area contributed by atoms with E-state index in [0.29, 0.717) is 33.6 Å². The van der Waals surface area contributed by atoms with Gasteiger partial charge in [-0.2, -0.15) is 0 Å². The van der Waals surface area contributed by atoms with Crippen LogP contribution in [-0.2, 0) is 0 Å². The summed E-state index contributed by atoms with van der Waals surface area (Å²) in [4.78, 5) is 37.5. The Morgan fingerprint density at radius 3 is 1.86 bits per heavy atom. The molecule has 29 heavy (non-hydrogen) atoms. The molecule has 1 aliphatic carbocycles. The third-order valence-electron chi connectivity index (χ3n) is 5.13. The molecule has 0 radical (unpaired) electrons. The molecule has 0 fully saturated rings. The first-order valence-electron chi connectivity index (χ1n) is 9.15. The molecule has 0 aliphatic heterocycles. The topological polar surface area (TPSA) is 64.3 Å². The molecule has 1 heterocycles. The maximum Gasteiger partial charge on any atom is 0.229 e. The quantitative estimate of drug-likeness (QED) is 0.405. The van der Waals surface area contributed by atoms with E-state index in [0.717, 1.165) is 11.8 Å². The molecule has 0 saturated heterocycles. The molecule has 0 N–H and O–H groups in total. The lowest BCUT2D eigenvalue weighted by molar-refractivity contribution is 0.0961. The van der Waals surface area contributed by atoms with E-state index in [1.54, 1.807) is 48.5 Å². The Bertz CT molecular complexity index is 1280. The fraction of sp³-hybridized carbons (Fsp3) is 0. The first-order chi connectivity index (χ1) is 14.2. The number of ketones is 2. The molecule has 0 bridgehead atoms. The summed E-state index contributed by atoms with van der Waals surface area (Å²) in [5.74, 6) is -0.0234. The lowest BCUT2D eigenvalue weighted by Crippen LogP contribution is -2.19. The maximum absolute atomic E-state index is 13.3. The fourth-order valence-electron chi connectivity index (χ4n) is 3.74. The molecule has 1 aliphatic rings. The normalized spacial score (nSPS) is 12.4. The van der Waals surface area contributed by atoms with Crippen molar-refractivity contribution in [1.29, 1.82) is 0 Å². The number of benzene rings is 3. The molecule has 138 valence electrons. The second kappa shape index (κ2) is 6.53. The highest BCUT2D eigenvalue weighted by molar-refractivity contribution is 6.30. The number of fused-ring (bicyclic) bond motifs is 2. The van der Waals surface area contributed by atoms with Gasteiger partial charge in [-0.15, -0.1) is 0 Å². The molecular formula is C25H14O4. The highest BCUT2D eigenvalue weighted by atomic mass is 16.4. The Balaban J connectivity index is 1.83. The van der Waals surface area contributed by atoms with E-state index in [1.807, 2.05) is 30.3 Å². The Hall–Kier alpha value is -4.05. The van der Waals surface area contributed by atoms with Gasteiger partial charge in [0.2, 0.25) is 5.78 Å². The van der Waals surface area contributed by atoms with Gasteiger partial charge < -0.3 is 4.42 Å². The summed E-state index contributed by atoms with van der Waals surface area (Å²) < 4.78 is 6.03. The van der Waals surface area contributed by atoms with Crippen LogP contribution in [0.4, 0.5) is 0 Å². The monoisotopic (exact) mass is 378 g/mol. The average molecular weight is 378 g/mol. The smallest absolute Gasteiger partial charge is 0.229 e. The third kappa shape index (κ3) is 2.57. The van der Waals surface area contributed by atoms with Crippen LogP contribution in [0.5, 0.6) is 0 Å². The third-order valence-corrected chi connectivity index (χ3v) is 5.13. The molecule has 3 aromatic carbocycles. The maximum atomic E-state index is 13.3. The van der Waals surface area contributed by atoms with Crippen molar-refractivity contribution in [3.8, 4) is 22.5 Å². The summed E-state index contributed by atoms with van der Waals surface area (Å²) in [6, 6.07) is 23.0. The van der Waals surface area contributed by atoms with Gasteiger partial charge >= 0.3 is 0 Å². The highest BCUT2D eigenvalue weighted by Crippen LogP contribution is 2.43. The van der Waals surface area contributed by atoms with Crippen LogP contribution in [0, 0.1) is 0 Å². The summed E-state index contributed by atoms with van der Waals surface area (Å²) in [6.45, 7) is 0. The van der Waals surface area contributed by atoms with Crippen LogP contribution in [-0.4, -0.2) is 17.9 Å². The van der Waals surface area contributed by atoms with Crippen molar-refractivity contribution >= 4 is 17.9 Å². The summed E-state index contributed by atoms with van der Waals surface area (Å²) in [6.07, 6.45) is 0.762. The number of furan rings is 1. The van der Waals surface area contributed by atoms with Gasteiger partial charge in [-0.25, -0.2) is 0 Å². The number of rotatable bonds is 3. The first kappa shape index (κ1) is 17.1. The van der Waals surface area contributed by atoms with Crippen LogP contribution in [0.2, 0.25) is 0 Å². The summed E-state index contributed by atoms with van der Waals surface area (Å²) in [5, 5.41) is 0. The summed E-state index contributed by atoms with van der Waals surface area (Å²) in [5.41, 5.74) is 3.56. The minimum absolute atomic E-state index is 0.0574. The SMILES string of the molecule is O=Cc1ccc(-c2c(-c3ccccc3)oc3c2C(=O)c2ccccc2C3=O)cc1. The second-order valence-electron chi connectivity index (χ2n) is 6.82. The zero-order chi connectivity index (χ0) is 20.0. The predicted octanol–water partition coefficient (Wildman–Crippen LogP) is 5.20. The summed E-state index contributed by atoms with van der Waals surface area (Å²) >= 11 is 0. The van der Waals surface area contributed by atoms with Crippen molar-refractivity contribution in [2.24, 2.45) is 0 Å². The van der Waals surface area contributed by atoms with E-state index in [2.05, 4.69) is 0 Å². The molecule has 1 aromatic heterocycles. The standard InChI is InChI=1S/C25H14O4/c26-14-15-10-12-16(13-11-15)20-21-22(27)18-8-4-5-9-19(18)23(28)25(21)29-24(20)17-6-2-1-3-7-17/h1-14H. The van der Waals surface area contributed by atoms with E-state index in [1.165, 1.54) is 0 Å². The average Bonchev–Trinajstić information content (AvgIpc) is 3.19. The van der Waals surface area contributed by atoms with Crippen molar-refractivity contribution in [1.82, 2.24) is 0 Å². The molecule has 5 rings (SSSR count). The molecule has 4 aromatic rings. The van der Waals surface area contributed by atoms with Gasteiger partial charge in [0.1, 0.15) is 12.0 Å². The van der Waals surface area contributed by atoms with Crippen LogP contribution in [0.25, 0.3) is 22.5 Å². The summed E-state index contributed by atoms with van der Waals surface area (Å²) in [7, 11) is 0. The first-order valence-corrected chi connectivity index (χ1v) is 9.15. The second-order valence-corrected chi connectivity index (χ2v) is 6.82. The Labute approximate surface area is 166 Å². The van der Waals surface area contributed by atoms with E-state index < -0.39 is 0 Å². The van der Waals surface area contributed by atoms with Crippen LogP contribution in [0.3, 0.4) is 0 Å². The number of hydrogen-bond acceptors (Lipinski definition) is 4. The van der Waals surface area contributed by atoms with Crippen molar-refractivity contribution in [3.63, 3.8) is 0 Å². The lowest BCUT2D eigenvalue weighted by atomic mass is 9.84. The van der Waals surface area contributed by atoms with Gasteiger partial charge in [-0.3, -0.25) is 14.4 Å².